The molecule has 0 saturated heterocycles. The maximum atomic E-state index is 14.5. The maximum absolute atomic E-state index is 14.5. The van der Waals surface area contributed by atoms with Crippen molar-refractivity contribution in [2.75, 3.05) is 11.0 Å². The molecule has 2 amide bonds. The van der Waals surface area contributed by atoms with E-state index in [9.17, 15) is 17.6 Å². The molecule has 6 nitrogen and oxygen atoms in total. The number of urea groups is 1. The van der Waals surface area contributed by atoms with Crippen LogP contribution in [0.25, 0.3) is 6.08 Å². The normalized spacial score (nSPS) is 12.7. The van der Waals surface area contributed by atoms with E-state index in [1.807, 2.05) is 24.3 Å². The number of anilines is 1. The summed E-state index contributed by atoms with van der Waals surface area (Å²) in [5.74, 6) is -0.745. The summed E-state index contributed by atoms with van der Waals surface area (Å²) in [6, 6.07) is 9.91. The van der Waals surface area contributed by atoms with Crippen molar-refractivity contribution < 1.29 is 17.6 Å². The van der Waals surface area contributed by atoms with Gasteiger partial charge in [0, 0.05) is 12.1 Å². The third kappa shape index (κ3) is 7.10. The van der Waals surface area contributed by atoms with Gasteiger partial charge >= 0.3 is 6.03 Å². The second kappa shape index (κ2) is 9.51. The number of benzene rings is 2. The molecule has 8 heteroatoms. The second-order valence-corrected chi connectivity index (χ2v) is 10.3. The first kappa shape index (κ1) is 24.4. The van der Waals surface area contributed by atoms with Gasteiger partial charge in [-0.2, -0.15) is 0 Å². The largest absolute Gasteiger partial charge is 0.334 e. The molecule has 2 rings (SSSR count). The Bertz CT molecular complexity index is 1060. The van der Waals surface area contributed by atoms with Crippen molar-refractivity contribution >= 4 is 27.8 Å². The number of sulfonamides is 1. The lowest BCUT2D eigenvalue weighted by molar-refractivity contribution is 0.237. The summed E-state index contributed by atoms with van der Waals surface area (Å²) in [7, 11) is -3.65. The van der Waals surface area contributed by atoms with E-state index in [0.717, 1.165) is 11.8 Å². The Hall–Kier alpha value is -2.87. The third-order valence-corrected chi connectivity index (χ3v) is 5.35. The molecule has 3 N–H and O–H groups in total. The third-order valence-electron chi connectivity index (χ3n) is 4.77. The van der Waals surface area contributed by atoms with Gasteiger partial charge in [0.15, 0.2) is 0 Å². The van der Waals surface area contributed by atoms with Crippen molar-refractivity contribution in [3.05, 3.63) is 71.0 Å². The van der Waals surface area contributed by atoms with Gasteiger partial charge in [-0.05, 0) is 41.2 Å². The summed E-state index contributed by atoms with van der Waals surface area (Å²) in [6.45, 7) is 12.1. The topological polar surface area (TPSA) is 87.3 Å². The summed E-state index contributed by atoms with van der Waals surface area (Å²) >= 11 is 0. The average Bonchev–Trinajstić information content (AvgIpc) is 2.66. The van der Waals surface area contributed by atoms with E-state index in [0.29, 0.717) is 12.1 Å². The van der Waals surface area contributed by atoms with Crippen LogP contribution in [0.15, 0.2) is 43.0 Å². The lowest BCUT2D eigenvalue weighted by Gasteiger charge is -2.19. The molecule has 0 aliphatic heterocycles. The molecule has 0 bridgehead atoms. The minimum Gasteiger partial charge on any atom is -0.334 e. The lowest BCUT2D eigenvalue weighted by Crippen LogP contribution is -2.36. The van der Waals surface area contributed by atoms with Gasteiger partial charge in [-0.1, -0.05) is 57.7 Å². The number of hydrogen-bond acceptors (Lipinski definition) is 3. The molecule has 1 atom stereocenters. The first-order valence-electron chi connectivity index (χ1n) is 9.87. The van der Waals surface area contributed by atoms with E-state index >= 15 is 0 Å². The quantitative estimate of drug-likeness (QED) is 0.575. The fraction of sp³-hybridized carbons (Fsp3) is 0.348. The highest BCUT2D eigenvalue weighted by Crippen LogP contribution is 2.27. The predicted octanol–water partition coefficient (Wildman–Crippen LogP) is 4.70. The molecular formula is C23H30FN3O3S. The summed E-state index contributed by atoms with van der Waals surface area (Å²) < 4.78 is 39.6. The van der Waals surface area contributed by atoms with Gasteiger partial charge in [0.05, 0.1) is 18.0 Å². The molecular weight excluding hydrogens is 417 g/mol. The van der Waals surface area contributed by atoms with Gasteiger partial charge in [0.25, 0.3) is 0 Å². The van der Waals surface area contributed by atoms with E-state index in [-0.39, 0.29) is 16.7 Å². The van der Waals surface area contributed by atoms with E-state index < -0.39 is 27.9 Å². The number of amides is 2. The Labute approximate surface area is 184 Å². The Kier molecular flexibility index (Phi) is 7.49. The van der Waals surface area contributed by atoms with Crippen LogP contribution in [0.1, 0.15) is 56.0 Å². The molecule has 2 aromatic rings. The Morgan fingerprint density at radius 3 is 2.32 bits per heavy atom. The van der Waals surface area contributed by atoms with E-state index in [1.54, 1.807) is 13.0 Å². The zero-order valence-corrected chi connectivity index (χ0v) is 19.4. The highest BCUT2D eigenvalue weighted by Gasteiger charge is 2.17. The monoisotopic (exact) mass is 447 g/mol. The van der Waals surface area contributed by atoms with Crippen LogP contribution in [-0.4, -0.2) is 20.7 Å². The van der Waals surface area contributed by atoms with Crippen LogP contribution in [0.4, 0.5) is 14.9 Å². The minimum atomic E-state index is -3.65. The Morgan fingerprint density at radius 2 is 1.81 bits per heavy atom. The number of nitrogens with one attached hydrogen (secondary N) is 3. The molecule has 0 spiro atoms. The van der Waals surface area contributed by atoms with Crippen molar-refractivity contribution in [1.82, 2.24) is 10.6 Å². The number of halogens is 1. The van der Waals surface area contributed by atoms with Crippen molar-refractivity contribution in [3.8, 4) is 0 Å². The predicted molar refractivity (Wildman–Crippen MR) is 124 cm³/mol. The summed E-state index contributed by atoms with van der Waals surface area (Å²) in [5, 5.41) is 5.55. The SMILES string of the molecule is C=Cc1cc([C@@H](C)NC(=O)NCc2ccc(C(C)(C)C)cc2)cc(F)c1NS(C)(=O)=O. The summed E-state index contributed by atoms with van der Waals surface area (Å²) in [6.07, 6.45) is 2.30. The summed E-state index contributed by atoms with van der Waals surface area (Å²) in [5.41, 5.74) is 2.83. The number of carbonyl (C=O) groups excluding carboxylic acids is 1. The molecule has 0 radical (unpaired) electrons. The van der Waals surface area contributed by atoms with Crippen molar-refractivity contribution in [2.45, 2.75) is 45.7 Å². The van der Waals surface area contributed by atoms with Crippen LogP contribution >= 0.6 is 0 Å². The van der Waals surface area contributed by atoms with Gasteiger partial charge in [0.2, 0.25) is 10.0 Å². The van der Waals surface area contributed by atoms with Gasteiger partial charge in [-0.25, -0.2) is 17.6 Å². The fourth-order valence-electron chi connectivity index (χ4n) is 2.99. The Morgan fingerprint density at radius 1 is 1.19 bits per heavy atom. The number of rotatable bonds is 7. The smallest absolute Gasteiger partial charge is 0.315 e. The zero-order valence-electron chi connectivity index (χ0n) is 18.5. The van der Waals surface area contributed by atoms with Gasteiger partial charge in [0.1, 0.15) is 5.82 Å². The zero-order chi connectivity index (χ0) is 23.4. The average molecular weight is 448 g/mol. The van der Waals surface area contributed by atoms with Gasteiger partial charge in [-0.3, -0.25) is 4.72 Å². The van der Waals surface area contributed by atoms with E-state index in [1.165, 1.54) is 17.7 Å². The van der Waals surface area contributed by atoms with Crippen molar-refractivity contribution in [1.29, 1.82) is 0 Å². The van der Waals surface area contributed by atoms with Crippen molar-refractivity contribution in [3.63, 3.8) is 0 Å². The Balaban J connectivity index is 2.04. The molecule has 0 heterocycles. The molecule has 0 aliphatic carbocycles. The number of hydrogen-bond donors (Lipinski definition) is 3. The van der Waals surface area contributed by atoms with Crippen molar-refractivity contribution in [2.24, 2.45) is 0 Å². The van der Waals surface area contributed by atoms with Crippen LogP contribution < -0.4 is 15.4 Å². The maximum Gasteiger partial charge on any atom is 0.315 e. The van der Waals surface area contributed by atoms with E-state index in [2.05, 4.69) is 42.7 Å². The van der Waals surface area contributed by atoms with Crippen LogP contribution in [0, 0.1) is 5.82 Å². The van der Waals surface area contributed by atoms with Gasteiger partial charge in [-0.15, -0.1) is 0 Å². The molecule has 0 saturated carbocycles. The molecule has 0 unspecified atom stereocenters. The molecule has 31 heavy (non-hydrogen) atoms. The minimum absolute atomic E-state index is 0.0602. The highest BCUT2D eigenvalue weighted by molar-refractivity contribution is 7.92. The summed E-state index contributed by atoms with van der Waals surface area (Å²) in [4.78, 5) is 12.3. The van der Waals surface area contributed by atoms with Crippen LogP contribution in [0.3, 0.4) is 0 Å². The first-order chi connectivity index (χ1) is 14.3. The molecule has 168 valence electrons. The van der Waals surface area contributed by atoms with Gasteiger partial charge < -0.3 is 10.6 Å². The van der Waals surface area contributed by atoms with E-state index in [4.69, 9.17) is 0 Å². The number of carbonyl (C=O) groups is 1. The standard InChI is InChI=1S/C23H30FN3O3S/c1-7-17-12-18(13-20(24)21(17)27-31(6,29)30)15(2)26-22(28)25-14-16-8-10-19(11-9-16)23(3,4)5/h7-13,15,27H,1,14H2,2-6H3,(H2,25,26,28)/t15-/m1/s1. The van der Waals surface area contributed by atoms with Crippen LogP contribution in [-0.2, 0) is 22.0 Å². The second-order valence-electron chi connectivity index (χ2n) is 8.54. The molecule has 0 fully saturated rings. The molecule has 0 aromatic heterocycles. The molecule has 2 aromatic carbocycles. The first-order valence-corrected chi connectivity index (χ1v) is 11.8. The van der Waals surface area contributed by atoms with Crippen LogP contribution in [0.5, 0.6) is 0 Å². The van der Waals surface area contributed by atoms with Crippen LogP contribution in [0.2, 0.25) is 0 Å². The fourth-order valence-corrected chi connectivity index (χ4v) is 3.58. The lowest BCUT2D eigenvalue weighted by atomic mass is 9.87. The molecule has 0 aliphatic rings. The highest BCUT2D eigenvalue weighted by atomic mass is 32.2.